The van der Waals surface area contributed by atoms with Gasteiger partial charge in [-0.1, -0.05) is 24.3 Å². The molecule has 0 fully saturated rings. The molecule has 0 spiro atoms. The van der Waals surface area contributed by atoms with Gasteiger partial charge in [-0.25, -0.2) is 4.98 Å². The maximum atomic E-state index is 12.4. The Morgan fingerprint density at radius 1 is 1.04 bits per heavy atom. The van der Waals surface area contributed by atoms with Gasteiger partial charge < -0.3 is 10.1 Å². The molecule has 1 heterocycles. The Balaban J connectivity index is 1.82. The van der Waals surface area contributed by atoms with Crippen LogP contribution in [0.15, 0.2) is 72.9 Å². The molecular weight excluding hydrogens is 302 g/mol. The lowest BCUT2D eigenvalue weighted by molar-refractivity contribution is 0.102. The molecule has 0 unspecified atom stereocenters. The monoisotopic (exact) mass is 315 g/mol. The van der Waals surface area contributed by atoms with E-state index >= 15 is 0 Å². The molecule has 2 aromatic carbocycles. The zero-order valence-electron chi connectivity index (χ0n) is 12.6. The highest BCUT2D eigenvalue weighted by Gasteiger charge is 2.12. The number of anilines is 1. The number of pyridine rings is 1. The van der Waals surface area contributed by atoms with Crippen molar-refractivity contribution in [3.05, 3.63) is 84.1 Å². The van der Waals surface area contributed by atoms with Gasteiger partial charge in [-0.05, 0) is 42.5 Å². The number of ether oxygens (including phenoxy) is 1. The second-order valence-corrected chi connectivity index (χ2v) is 4.92. The number of carbonyl (C=O) groups excluding carboxylic acids is 1. The summed E-state index contributed by atoms with van der Waals surface area (Å²) in [5.74, 6) is 0.588. The van der Waals surface area contributed by atoms with E-state index in [2.05, 4.69) is 10.3 Å². The van der Waals surface area contributed by atoms with Crippen LogP contribution in [-0.4, -0.2) is 10.9 Å². The number of hydrogen-bond acceptors (Lipinski definition) is 4. The van der Waals surface area contributed by atoms with Gasteiger partial charge in [0.1, 0.15) is 11.4 Å². The fraction of sp³-hybridized carbons (Fsp3) is 0. The molecule has 5 nitrogen and oxygen atoms in total. The first-order valence-corrected chi connectivity index (χ1v) is 7.26. The Labute approximate surface area is 139 Å². The third-order valence-electron chi connectivity index (χ3n) is 3.23. The minimum Gasteiger partial charge on any atom is -0.437 e. The van der Waals surface area contributed by atoms with Crippen molar-refractivity contribution in [2.45, 2.75) is 0 Å². The molecule has 0 aliphatic heterocycles. The van der Waals surface area contributed by atoms with Gasteiger partial charge in [0.05, 0.1) is 11.6 Å². The van der Waals surface area contributed by atoms with Crippen LogP contribution in [0.2, 0.25) is 0 Å². The van der Waals surface area contributed by atoms with E-state index in [0.29, 0.717) is 28.4 Å². The minimum absolute atomic E-state index is 0.300. The Hall–Kier alpha value is -3.65. The normalized spacial score (nSPS) is 9.79. The van der Waals surface area contributed by atoms with Crippen molar-refractivity contribution in [3.63, 3.8) is 0 Å². The SMILES string of the molecule is N#Cc1cccc(C(=O)Nc2cccnc2Oc2ccccc2)c1. The van der Waals surface area contributed by atoms with Crippen molar-refractivity contribution in [2.24, 2.45) is 0 Å². The Kier molecular flexibility index (Phi) is 4.50. The maximum Gasteiger partial charge on any atom is 0.255 e. The van der Waals surface area contributed by atoms with E-state index in [9.17, 15) is 4.79 Å². The van der Waals surface area contributed by atoms with Crippen molar-refractivity contribution < 1.29 is 9.53 Å². The van der Waals surface area contributed by atoms with E-state index in [4.69, 9.17) is 10.00 Å². The van der Waals surface area contributed by atoms with Crippen molar-refractivity contribution in [3.8, 4) is 17.7 Å². The highest BCUT2D eigenvalue weighted by molar-refractivity contribution is 6.05. The topological polar surface area (TPSA) is 75.0 Å². The van der Waals surface area contributed by atoms with E-state index in [-0.39, 0.29) is 5.91 Å². The lowest BCUT2D eigenvalue weighted by atomic mass is 10.1. The zero-order chi connectivity index (χ0) is 16.8. The fourth-order valence-corrected chi connectivity index (χ4v) is 2.09. The number of hydrogen-bond donors (Lipinski definition) is 1. The predicted octanol–water partition coefficient (Wildman–Crippen LogP) is 4.00. The molecule has 3 aromatic rings. The predicted molar refractivity (Wildman–Crippen MR) is 89.9 cm³/mol. The average Bonchev–Trinajstić information content (AvgIpc) is 2.64. The molecule has 0 aliphatic carbocycles. The number of nitrogens with zero attached hydrogens (tertiary/aromatic N) is 2. The molecule has 0 aliphatic rings. The summed E-state index contributed by atoms with van der Waals surface area (Å²) < 4.78 is 5.71. The standard InChI is InChI=1S/C19H13N3O2/c20-13-14-6-4-7-15(12-14)18(23)22-17-10-5-11-21-19(17)24-16-8-2-1-3-9-16/h1-12H,(H,22,23). The number of para-hydroxylation sites is 1. The van der Waals surface area contributed by atoms with Crippen LogP contribution in [0.3, 0.4) is 0 Å². The number of benzene rings is 2. The summed E-state index contributed by atoms with van der Waals surface area (Å²) in [6, 6.07) is 21.1. The number of amides is 1. The third kappa shape index (κ3) is 3.57. The number of rotatable bonds is 4. The molecule has 0 atom stereocenters. The molecule has 0 bridgehead atoms. The van der Waals surface area contributed by atoms with Crippen molar-refractivity contribution in [2.75, 3.05) is 5.32 Å². The van der Waals surface area contributed by atoms with Crippen LogP contribution < -0.4 is 10.1 Å². The van der Waals surface area contributed by atoms with Gasteiger partial charge in [0.15, 0.2) is 0 Å². The molecule has 1 amide bonds. The summed E-state index contributed by atoms with van der Waals surface area (Å²) in [7, 11) is 0. The Bertz CT molecular complexity index is 902. The maximum absolute atomic E-state index is 12.4. The second-order valence-electron chi connectivity index (χ2n) is 4.92. The summed E-state index contributed by atoms with van der Waals surface area (Å²) in [6.45, 7) is 0. The smallest absolute Gasteiger partial charge is 0.255 e. The van der Waals surface area contributed by atoms with E-state index in [0.717, 1.165) is 0 Å². The summed E-state index contributed by atoms with van der Waals surface area (Å²) in [5.41, 5.74) is 1.27. The van der Waals surface area contributed by atoms with Crippen LogP contribution in [0.1, 0.15) is 15.9 Å². The molecule has 24 heavy (non-hydrogen) atoms. The van der Waals surface area contributed by atoms with Gasteiger partial charge in [0.2, 0.25) is 5.88 Å². The number of nitrogens with one attached hydrogen (secondary N) is 1. The Morgan fingerprint density at radius 3 is 2.67 bits per heavy atom. The van der Waals surface area contributed by atoms with Gasteiger partial charge in [0.25, 0.3) is 5.91 Å². The molecule has 0 saturated carbocycles. The molecule has 5 heteroatoms. The third-order valence-corrected chi connectivity index (χ3v) is 3.23. The summed E-state index contributed by atoms with van der Waals surface area (Å²) in [6.07, 6.45) is 1.59. The van der Waals surface area contributed by atoms with Crippen molar-refractivity contribution in [1.82, 2.24) is 4.98 Å². The molecular formula is C19H13N3O2. The van der Waals surface area contributed by atoms with Crippen molar-refractivity contribution >= 4 is 11.6 Å². The molecule has 116 valence electrons. The van der Waals surface area contributed by atoms with Crippen LogP contribution in [0.25, 0.3) is 0 Å². The quantitative estimate of drug-likeness (QED) is 0.789. The van der Waals surface area contributed by atoms with Crippen LogP contribution in [0, 0.1) is 11.3 Å². The summed E-state index contributed by atoms with van der Waals surface area (Å²) >= 11 is 0. The van der Waals surface area contributed by atoms with Gasteiger partial charge in [-0.15, -0.1) is 0 Å². The molecule has 1 aromatic heterocycles. The van der Waals surface area contributed by atoms with Crippen LogP contribution >= 0.6 is 0 Å². The first-order valence-electron chi connectivity index (χ1n) is 7.26. The van der Waals surface area contributed by atoms with Crippen molar-refractivity contribution in [1.29, 1.82) is 5.26 Å². The van der Waals surface area contributed by atoms with Crippen LogP contribution in [-0.2, 0) is 0 Å². The number of carbonyl (C=O) groups is 1. The molecule has 1 N–H and O–H groups in total. The van der Waals surface area contributed by atoms with E-state index in [1.807, 2.05) is 24.3 Å². The molecule has 0 radical (unpaired) electrons. The zero-order valence-corrected chi connectivity index (χ0v) is 12.6. The van der Waals surface area contributed by atoms with Gasteiger partial charge in [0, 0.05) is 11.8 Å². The Morgan fingerprint density at radius 2 is 1.88 bits per heavy atom. The second kappa shape index (κ2) is 7.07. The summed E-state index contributed by atoms with van der Waals surface area (Å²) in [5, 5.41) is 11.7. The first-order chi connectivity index (χ1) is 11.8. The van der Waals surface area contributed by atoms with E-state index < -0.39 is 0 Å². The number of nitriles is 1. The van der Waals surface area contributed by atoms with Gasteiger partial charge in [-0.2, -0.15) is 5.26 Å². The highest BCUT2D eigenvalue weighted by Crippen LogP contribution is 2.27. The lowest BCUT2D eigenvalue weighted by Gasteiger charge is -2.11. The molecule has 3 rings (SSSR count). The van der Waals surface area contributed by atoms with Gasteiger partial charge in [-0.3, -0.25) is 4.79 Å². The first kappa shape index (κ1) is 15.3. The minimum atomic E-state index is -0.335. The lowest BCUT2D eigenvalue weighted by Crippen LogP contribution is -2.13. The summed E-state index contributed by atoms with van der Waals surface area (Å²) in [4.78, 5) is 16.5. The van der Waals surface area contributed by atoms with E-state index in [1.54, 1.807) is 48.7 Å². The largest absolute Gasteiger partial charge is 0.437 e. The van der Waals surface area contributed by atoms with E-state index in [1.165, 1.54) is 6.07 Å². The highest BCUT2D eigenvalue weighted by atomic mass is 16.5. The van der Waals surface area contributed by atoms with Crippen LogP contribution in [0.4, 0.5) is 5.69 Å². The fourth-order valence-electron chi connectivity index (χ4n) is 2.09. The molecule has 0 saturated heterocycles. The van der Waals surface area contributed by atoms with Gasteiger partial charge >= 0.3 is 0 Å². The number of aromatic nitrogens is 1. The average molecular weight is 315 g/mol. The van der Waals surface area contributed by atoms with Crippen LogP contribution in [0.5, 0.6) is 11.6 Å².